The van der Waals surface area contributed by atoms with Crippen LogP contribution in [-0.2, 0) is 19.1 Å². The number of ether oxygens (including phenoxy) is 3. The van der Waals surface area contributed by atoms with Crippen molar-refractivity contribution in [2.45, 2.75) is 19.3 Å². The van der Waals surface area contributed by atoms with Crippen molar-refractivity contribution in [2.24, 2.45) is 4.99 Å². The van der Waals surface area contributed by atoms with Crippen LogP contribution < -0.4 is 4.74 Å². The summed E-state index contributed by atoms with van der Waals surface area (Å²) in [6.07, 6.45) is 6.16. The molecule has 0 heterocycles. The third kappa shape index (κ3) is 9.78. The van der Waals surface area contributed by atoms with Crippen LogP contribution in [0, 0.1) is 23.7 Å². The number of rotatable bonds is 12. The molecule has 0 bridgehead atoms. The molecule has 0 fully saturated rings. The molecule has 4 rings (SSSR count). The van der Waals surface area contributed by atoms with Crippen LogP contribution in [0.3, 0.4) is 0 Å². The van der Waals surface area contributed by atoms with Crippen molar-refractivity contribution in [3.05, 3.63) is 109 Å². The minimum atomic E-state index is -0.429. The van der Waals surface area contributed by atoms with Crippen molar-refractivity contribution in [3.63, 3.8) is 0 Å². The molecule has 0 unspecified atom stereocenters. The minimum absolute atomic E-state index is 0.294. The SMILES string of the molecule is C=CC(=O)OCCCC=Nc1ccc2cc(C#CC#Cc3ccc4cc(OCCCOC(=O)C=C)ccc4c3)ccc2c1. The van der Waals surface area contributed by atoms with Gasteiger partial charge in [-0.25, -0.2) is 9.59 Å². The molecular weight excluding hydrogens is 538 g/mol. The number of esters is 2. The van der Waals surface area contributed by atoms with E-state index in [0.717, 1.165) is 56.3 Å². The van der Waals surface area contributed by atoms with Crippen molar-refractivity contribution in [1.29, 1.82) is 0 Å². The lowest BCUT2D eigenvalue weighted by atomic mass is 10.1. The Labute approximate surface area is 251 Å². The monoisotopic (exact) mass is 569 g/mol. The van der Waals surface area contributed by atoms with Gasteiger partial charge in [-0.05, 0) is 94.8 Å². The molecule has 43 heavy (non-hydrogen) atoms. The third-order valence-electron chi connectivity index (χ3n) is 6.21. The maximum absolute atomic E-state index is 11.1. The van der Waals surface area contributed by atoms with E-state index in [1.165, 1.54) is 0 Å². The Hall–Kier alpha value is -5.59. The predicted molar refractivity (Wildman–Crippen MR) is 171 cm³/mol. The van der Waals surface area contributed by atoms with Crippen LogP contribution in [0.4, 0.5) is 5.69 Å². The summed E-state index contributed by atoms with van der Waals surface area (Å²) in [5.41, 5.74) is 2.63. The van der Waals surface area contributed by atoms with Crippen molar-refractivity contribution in [2.75, 3.05) is 19.8 Å². The Morgan fingerprint density at radius 2 is 1.23 bits per heavy atom. The van der Waals surface area contributed by atoms with Gasteiger partial charge in [-0.15, -0.1) is 0 Å². The number of nitrogens with zero attached hydrogens (tertiary/aromatic N) is 1. The molecule has 0 atom stereocenters. The van der Waals surface area contributed by atoms with Crippen LogP contribution >= 0.6 is 0 Å². The van der Waals surface area contributed by atoms with Crippen LogP contribution in [0.2, 0.25) is 0 Å². The van der Waals surface area contributed by atoms with E-state index in [-0.39, 0.29) is 0 Å². The second kappa shape index (κ2) is 16.0. The largest absolute Gasteiger partial charge is 0.493 e. The highest BCUT2D eigenvalue weighted by atomic mass is 16.5. The third-order valence-corrected chi connectivity index (χ3v) is 6.21. The van der Waals surface area contributed by atoms with Gasteiger partial charge in [-0.3, -0.25) is 4.99 Å². The summed E-state index contributed by atoms with van der Waals surface area (Å²) in [7, 11) is 0. The molecule has 0 spiro atoms. The van der Waals surface area contributed by atoms with Gasteiger partial charge in [-0.2, -0.15) is 0 Å². The summed E-state index contributed by atoms with van der Waals surface area (Å²) in [5, 5.41) is 4.25. The summed E-state index contributed by atoms with van der Waals surface area (Å²) in [6, 6.07) is 23.9. The van der Waals surface area contributed by atoms with Crippen LogP contribution in [0.1, 0.15) is 30.4 Å². The van der Waals surface area contributed by atoms with Gasteiger partial charge >= 0.3 is 11.9 Å². The fourth-order valence-electron chi connectivity index (χ4n) is 4.05. The first-order chi connectivity index (χ1) is 21.0. The lowest BCUT2D eigenvalue weighted by Gasteiger charge is -2.07. The fraction of sp³-hybridized carbons (Fsp3) is 0.162. The fourth-order valence-corrected chi connectivity index (χ4v) is 4.05. The van der Waals surface area contributed by atoms with Crippen LogP contribution in [0.15, 0.2) is 103 Å². The molecule has 0 saturated carbocycles. The Bertz CT molecular complexity index is 1800. The molecule has 214 valence electrons. The van der Waals surface area contributed by atoms with Gasteiger partial charge in [-0.1, -0.05) is 49.3 Å². The summed E-state index contributed by atoms with van der Waals surface area (Å²) in [5.74, 6) is 12.1. The summed E-state index contributed by atoms with van der Waals surface area (Å²) < 4.78 is 15.7. The van der Waals surface area contributed by atoms with Crippen LogP contribution in [0.5, 0.6) is 5.75 Å². The van der Waals surface area contributed by atoms with Crippen molar-refractivity contribution >= 4 is 45.4 Å². The molecule has 0 aromatic heterocycles. The number of hydrogen-bond acceptors (Lipinski definition) is 6. The van der Waals surface area contributed by atoms with Gasteiger partial charge in [0, 0.05) is 35.9 Å². The zero-order chi connectivity index (χ0) is 30.3. The molecule has 0 aliphatic carbocycles. The Kier molecular flexibility index (Phi) is 11.3. The molecule has 0 aliphatic rings. The average Bonchev–Trinajstić information content (AvgIpc) is 3.04. The van der Waals surface area contributed by atoms with Gasteiger partial charge < -0.3 is 14.2 Å². The summed E-state index contributed by atoms with van der Waals surface area (Å²) >= 11 is 0. The van der Waals surface area contributed by atoms with E-state index in [0.29, 0.717) is 39.1 Å². The van der Waals surface area contributed by atoms with E-state index in [1.807, 2.05) is 79.0 Å². The zero-order valence-electron chi connectivity index (χ0n) is 23.8. The average molecular weight is 570 g/mol. The molecule has 0 aliphatic heterocycles. The lowest BCUT2D eigenvalue weighted by Crippen LogP contribution is -2.06. The van der Waals surface area contributed by atoms with Crippen molar-refractivity contribution in [3.8, 4) is 29.4 Å². The quantitative estimate of drug-likeness (QED) is 0.0598. The molecule has 6 heteroatoms. The molecule has 0 amide bonds. The Balaban J connectivity index is 1.30. The summed E-state index contributed by atoms with van der Waals surface area (Å²) in [6.45, 7) is 7.83. The van der Waals surface area contributed by atoms with Gasteiger partial charge in [0.15, 0.2) is 0 Å². The molecule has 0 radical (unpaired) electrons. The van der Waals surface area contributed by atoms with E-state index >= 15 is 0 Å². The van der Waals surface area contributed by atoms with Crippen molar-refractivity contribution in [1.82, 2.24) is 0 Å². The van der Waals surface area contributed by atoms with E-state index in [4.69, 9.17) is 14.2 Å². The minimum Gasteiger partial charge on any atom is -0.493 e. The molecule has 0 N–H and O–H groups in total. The smallest absolute Gasteiger partial charge is 0.330 e. The summed E-state index contributed by atoms with van der Waals surface area (Å²) in [4.78, 5) is 26.6. The van der Waals surface area contributed by atoms with Gasteiger partial charge in [0.2, 0.25) is 0 Å². The van der Waals surface area contributed by atoms with Gasteiger partial charge in [0.05, 0.1) is 25.5 Å². The molecule has 4 aromatic rings. The van der Waals surface area contributed by atoms with Crippen LogP contribution in [0.25, 0.3) is 21.5 Å². The highest BCUT2D eigenvalue weighted by molar-refractivity contribution is 5.87. The second-order valence-corrected chi connectivity index (χ2v) is 9.37. The predicted octanol–water partition coefficient (Wildman–Crippen LogP) is 7.11. The number of carbonyl (C=O) groups is 2. The normalized spacial score (nSPS) is 10.3. The Morgan fingerprint density at radius 3 is 1.88 bits per heavy atom. The first kappa shape index (κ1) is 30.4. The lowest BCUT2D eigenvalue weighted by molar-refractivity contribution is -0.138. The zero-order valence-corrected chi connectivity index (χ0v) is 23.8. The van der Waals surface area contributed by atoms with Crippen LogP contribution in [-0.4, -0.2) is 38.0 Å². The van der Waals surface area contributed by atoms with E-state index < -0.39 is 11.9 Å². The number of aliphatic imine (C=N–C) groups is 1. The molecular formula is C37H31NO5. The Morgan fingerprint density at radius 1 is 0.674 bits per heavy atom. The van der Waals surface area contributed by atoms with E-state index in [9.17, 15) is 9.59 Å². The van der Waals surface area contributed by atoms with E-state index in [1.54, 1.807) is 0 Å². The first-order valence-corrected chi connectivity index (χ1v) is 13.9. The second-order valence-electron chi connectivity index (χ2n) is 9.37. The highest BCUT2D eigenvalue weighted by Crippen LogP contribution is 2.23. The molecule has 0 saturated heterocycles. The maximum Gasteiger partial charge on any atom is 0.330 e. The van der Waals surface area contributed by atoms with Crippen molar-refractivity contribution < 1.29 is 23.8 Å². The molecule has 4 aromatic carbocycles. The highest BCUT2D eigenvalue weighted by Gasteiger charge is 2.01. The van der Waals surface area contributed by atoms with Gasteiger partial charge in [0.25, 0.3) is 0 Å². The first-order valence-electron chi connectivity index (χ1n) is 13.9. The number of unbranched alkanes of at least 4 members (excludes halogenated alkanes) is 1. The number of hydrogen-bond donors (Lipinski definition) is 0. The number of fused-ring (bicyclic) bond motifs is 2. The number of carbonyl (C=O) groups excluding carboxylic acids is 2. The van der Waals surface area contributed by atoms with Gasteiger partial charge in [0.1, 0.15) is 5.75 Å². The standard InChI is InChI=1S/C37H31NO5/c1-3-36(39)42-21-8-7-20-38-34-18-16-30-24-28(12-14-32(30)26-34)10-5-6-11-29-13-15-33-27-35(19-17-31(33)25-29)41-22-9-23-43-37(40)4-2/h3-4,12-20,24-27H,1-2,7-9,21-23H2. The topological polar surface area (TPSA) is 74.2 Å². The van der Waals surface area contributed by atoms with E-state index in [2.05, 4.69) is 41.8 Å². The maximum atomic E-state index is 11.1. The number of benzene rings is 4. The molecule has 6 nitrogen and oxygen atoms in total.